The van der Waals surface area contributed by atoms with Gasteiger partial charge in [0, 0.05) is 10.4 Å². The third-order valence-electron chi connectivity index (χ3n) is 2.11. The molecule has 68 valence electrons. The van der Waals surface area contributed by atoms with Gasteiger partial charge in [-0.15, -0.1) is 11.3 Å². The summed E-state index contributed by atoms with van der Waals surface area (Å²) in [6.45, 7) is 0. The Bertz CT molecular complexity index is 392. The summed E-state index contributed by atoms with van der Waals surface area (Å²) in [7, 11) is 0. The molecule has 1 aliphatic carbocycles. The summed E-state index contributed by atoms with van der Waals surface area (Å²) in [6.07, 6.45) is 1.34. The number of aliphatic carboxylic acids is 1. The molecule has 2 nitrogen and oxygen atoms in total. The van der Waals surface area contributed by atoms with Crippen molar-refractivity contribution in [2.24, 2.45) is 0 Å². The first kappa shape index (κ1) is 8.78. The quantitative estimate of drug-likeness (QED) is 0.781. The highest BCUT2D eigenvalue weighted by molar-refractivity contribution is 7.10. The number of carboxylic acids is 1. The largest absolute Gasteiger partial charge is 0.478 e. The van der Waals surface area contributed by atoms with Crippen LogP contribution in [0, 0.1) is 0 Å². The second-order valence-corrected chi connectivity index (χ2v) is 4.23. The van der Waals surface area contributed by atoms with Crippen molar-refractivity contribution in [3.8, 4) is 0 Å². The molecule has 1 aromatic rings. The van der Waals surface area contributed by atoms with Gasteiger partial charge in [-0.1, -0.05) is 11.6 Å². The van der Waals surface area contributed by atoms with Gasteiger partial charge in [0.25, 0.3) is 0 Å². The number of hydrogen-bond donors (Lipinski definition) is 1. The Morgan fingerprint density at radius 1 is 1.54 bits per heavy atom. The summed E-state index contributed by atoms with van der Waals surface area (Å²) in [5.74, 6) is -0.901. The van der Waals surface area contributed by atoms with E-state index in [1.54, 1.807) is 11.3 Å². The minimum Gasteiger partial charge on any atom is -0.478 e. The molecule has 0 amide bonds. The summed E-state index contributed by atoms with van der Waals surface area (Å²) in [4.78, 5) is 11.9. The molecule has 0 aliphatic heterocycles. The molecule has 0 saturated carbocycles. The molecule has 1 N–H and O–H groups in total. The van der Waals surface area contributed by atoms with Gasteiger partial charge in [-0.25, -0.2) is 4.79 Å². The van der Waals surface area contributed by atoms with Crippen molar-refractivity contribution in [3.63, 3.8) is 0 Å². The van der Waals surface area contributed by atoms with Gasteiger partial charge in [0.1, 0.15) is 0 Å². The van der Waals surface area contributed by atoms with E-state index in [4.69, 9.17) is 16.7 Å². The van der Waals surface area contributed by atoms with Crippen LogP contribution in [0.2, 0.25) is 0 Å². The fraction of sp³-hybridized carbons (Fsp3) is 0.222. The van der Waals surface area contributed by atoms with Crippen LogP contribution in [0.4, 0.5) is 0 Å². The lowest BCUT2D eigenvalue weighted by molar-refractivity contribution is -0.132. The van der Waals surface area contributed by atoms with Gasteiger partial charge in [-0.2, -0.15) is 0 Å². The van der Waals surface area contributed by atoms with Crippen molar-refractivity contribution in [2.75, 3.05) is 0 Å². The molecule has 0 atom stereocenters. The standard InChI is InChI=1S/C9H7ClO2S/c10-8-5-3-4-13-7(5)2-1-6(8)9(11)12/h3-4H,1-2H2,(H,11,12). The van der Waals surface area contributed by atoms with Gasteiger partial charge in [0.15, 0.2) is 0 Å². The highest BCUT2D eigenvalue weighted by Gasteiger charge is 2.22. The Kier molecular flexibility index (Phi) is 2.14. The van der Waals surface area contributed by atoms with Crippen molar-refractivity contribution in [1.29, 1.82) is 0 Å². The maximum absolute atomic E-state index is 10.8. The number of carboxylic acid groups (broad SMARTS) is 1. The zero-order valence-corrected chi connectivity index (χ0v) is 8.28. The fourth-order valence-corrected chi connectivity index (χ4v) is 2.74. The molecule has 2 rings (SSSR count). The lowest BCUT2D eigenvalue weighted by Crippen LogP contribution is -2.07. The average Bonchev–Trinajstić information content (AvgIpc) is 2.52. The number of aryl methyl sites for hydroxylation is 1. The summed E-state index contributed by atoms with van der Waals surface area (Å²) in [6, 6.07) is 1.88. The minimum absolute atomic E-state index is 0.340. The topological polar surface area (TPSA) is 37.3 Å². The third kappa shape index (κ3) is 1.38. The van der Waals surface area contributed by atoms with Crippen LogP contribution in [0.5, 0.6) is 0 Å². The second kappa shape index (κ2) is 3.16. The normalized spacial score (nSPS) is 15.8. The maximum Gasteiger partial charge on any atom is 0.333 e. The van der Waals surface area contributed by atoms with Crippen LogP contribution >= 0.6 is 22.9 Å². The van der Waals surface area contributed by atoms with Crippen LogP contribution in [-0.4, -0.2) is 11.1 Å². The van der Waals surface area contributed by atoms with Gasteiger partial charge < -0.3 is 5.11 Å². The van der Waals surface area contributed by atoms with E-state index < -0.39 is 5.97 Å². The van der Waals surface area contributed by atoms with Crippen LogP contribution in [0.15, 0.2) is 17.0 Å². The SMILES string of the molecule is O=C(O)C1=C(Cl)c2ccsc2CC1. The summed E-state index contributed by atoms with van der Waals surface area (Å²) >= 11 is 7.59. The molecule has 0 unspecified atom stereocenters. The van der Waals surface area contributed by atoms with Gasteiger partial charge in [0.05, 0.1) is 10.6 Å². The average molecular weight is 215 g/mol. The first-order valence-corrected chi connectivity index (χ1v) is 5.14. The predicted octanol–water partition coefficient (Wildman–Crippen LogP) is 2.73. The number of rotatable bonds is 1. The van der Waals surface area contributed by atoms with Gasteiger partial charge in [0.2, 0.25) is 0 Å². The first-order chi connectivity index (χ1) is 6.20. The van der Waals surface area contributed by atoms with Crippen LogP contribution in [0.25, 0.3) is 5.03 Å². The number of halogens is 1. The Morgan fingerprint density at radius 2 is 2.31 bits per heavy atom. The van der Waals surface area contributed by atoms with Gasteiger partial charge in [-0.05, 0) is 24.3 Å². The second-order valence-electron chi connectivity index (χ2n) is 2.86. The van der Waals surface area contributed by atoms with E-state index in [0.717, 1.165) is 12.0 Å². The monoisotopic (exact) mass is 214 g/mol. The molecule has 0 spiro atoms. The van der Waals surface area contributed by atoms with Gasteiger partial charge >= 0.3 is 5.97 Å². The Morgan fingerprint density at radius 3 is 3.00 bits per heavy atom. The van der Waals surface area contributed by atoms with Crippen molar-refractivity contribution >= 4 is 33.9 Å². The van der Waals surface area contributed by atoms with Crippen molar-refractivity contribution in [1.82, 2.24) is 0 Å². The minimum atomic E-state index is -0.901. The van der Waals surface area contributed by atoms with Crippen molar-refractivity contribution in [3.05, 3.63) is 27.5 Å². The van der Waals surface area contributed by atoms with Gasteiger partial charge in [-0.3, -0.25) is 0 Å². The molecule has 0 radical (unpaired) electrons. The zero-order valence-electron chi connectivity index (χ0n) is 6.71. The number of thiophene rings is 1. The molecule has 4 heteroatoms. The lowest BCUT2D eigenvalue weighted by atomic mass is 9.99. The van der Waals surface area contributed by atoms with E-state index in [9.17, 15) is 4.79 Å². The molecule has 0 saturated heterocycles. The molecule has 1 aliphatic rings. The molecule has 13 heavy (non-hydrogen) atoms. The van der Waals surface area contributed by atoms with E-state index in [0.29, 0.717) is 17.0 Å². The van der Waals surface area contributed by atoms with E-state index >= 15 is 0 Å². The predicted molar refractivity (Wildman–Crippen MR) is 53.0 cm³/mol. The molecule has 1 aromatic heterocycles. The maximum atomic E-state index is 10.8. The van der Waals surface area contributed by atoms with E-state index in [-0.39, 0.29) is 0 Å². The molecule has 0 bridgehead atoms. The number of fused-ring (bicyclic) bond motifs is 1. The van der Waals surface area contributed by atoms with E-state index in [1.807, 2.05) is 11.4 Å². The third-order valence-corrected chi connectivity index (χ3v) is 3.52. The molecular formula is C9H7ClO2S. The number of carbonyl (C=O) groups is 1. The Labute approximate surface area is 84.5 Å². The fourth-order valence-electron chi connectivity index (χ4n) is 1.44. The lowest BCUT2D eigenvalue weighted by Gasteiger charge is -2.12. The van der Waals surface area contributed by atoms with E-state index in [2.05, 4.69) is 0 Å². The Hall–Kier alpha value is -0.800. The van der Waals surface area contributed by atoms with Crippen molar-refractivity contribution < 1.29 is 9.90 Å². The molecule has 0 aromatic carbocycles. The zero-order chi connectivity index (χ0) is 9.42. The van der Waals surface area contributed by atoms with Crippen LogP contribution < -0.4 is 0 Å². The Balaban J connectivity index is 2.54. The smallest absolute Gasteiger partial charge is 0.333 e. The van der Waals surface area contributed by atoms with E-state index in [1.165, 1.54) is 4.88 Å². The molecule has 0 fully saturated rings. The summed E-state index contributed by atoms with van der Waals surface area (Å²) < 4.78 is 0. The van der Waals surface area contributed by atoms with Crippen LogP contribution in [0.3, 0.4) is 0 Å². The van der Waals surface area contributed by atoms with Crippen LogP contribution in [0.1, 0.15) is 16.9 Å². The highest BCUT2D eigenvalue weighted by Crippen LogP contribution is 2.36. The molecular weight excluding hydrogens is 208 g/mol. The summed E-state index contributed by atoms with van der Waals surface area (Å²) in [5, 5.41) is 11.2. The number of hydrogen-bond acceptors (Lipinski definition) is 2. The van der Waals surface area contributed by atoms with Crippen molar-refractivity contribution in [2.45, 2.75) is 12.8 Å². The highest BCUT2D eigenvalue weighted by atomic mass is 35.5. The summed E-state index contributed by atoms with van der Waals surface area (Å²) in [5.41, 5.74) is 1.24. The molecule has 1 heterocycles. The first-order valence-electron chi connectivity index (χ1n) is 3.89. The van der Waals surface area contributed by atoms with Crippen LogP contribution in [-0.2, 0) is 11.2 Å².